The predicted molar refractivity (Wildman–Crippen MR) is 87.8 cm³/mol. The Morgan fingerprint density at radius 2 is 1.91 bits per heavy atom. The molecule has 0 unspecified atom stereocenters. The first-order chi connectivity index (χ1) is 11.1. The van der Waals surface area contributed by atoms with E-state index in [2.05, 4.69) is 0 Å². The number of rotatable bonds is 4. The Morgan fingerprint density at radius 3 is 2.61 bits per heavy atom. The van der Waals surface area contributed by atoms with E-state index in [0.717, 1.165) is 17.7 Å². The molecule has 0 N–H and O–H groups in total. The fourth-order valence-electron chi connectivity index (χ4n) is 2.59. The number of ketones is 1. The molecular weight excluding hydrogens is 293 g/mol. The Kier molecular flexibility index (Phi) is 4.33. The van der Waals surface area contributed by atoms with Gasteiger partial charge in [0, 0.05) is 24.2 Å². The van der Waals surface area contributed by atoms with Crippen molar-refractivity contribution >= 4 is 23.5 Å². The van der Waals surface area contributed by atoms with Crippen LogP contribution in [0.1, 0.15) is 28.8 Å². The van der Waals surface area contributed by atoms with Crippen LogP contribution in [0.3, 0.4) is 0 Å². The van der Waals surface area contributed by atoms with Gasteiger partial charge in [-0.15, -0.1) is 0 Å². The summed E-state index contributed by atoms with van der Waals surface area (Å²) in [4.78, 5) is 25.8. The maximum absolute atomic E-state index is 12.9. The summed E-state index contributed by atoms with van der Waals surface area (Å²) in [6.45, 7) is 0.696. The third kappa shape index (κ3) is 3.54. The Bertz CT molecular complexity index is 765. The van der Waals surface area contributed by atoms with Gasteiger partial charge in [0.1, 0.15) is 5.82 Å². The van der Waals surface area contributed by atoms with Crippen molar-refractivity contribution in [2.45, 2.75) is 12.8 Å². The third-order valence-electron chi connectivity index (χ3n) is 3.81. The normalized spacial score (nSPS) is 14.7. The minimum atomic E-state index is -0.309. The lowest BCUT2D eigenvalue weighted by Gasteiger charge is -2.16. The SMILES string of the molecule is O=C(/C=C/c1ccc(F)cc1)c1cccc(N2CCCC2=O)c1. The van der Waals surface area contributed by atoms with Crippen molar-refractivity contribution < 1.29 is 14.0 Å². The average Bonchev–Trinajstić information content (AvgIpc) is 3.00. The Balaban J connectivity index is 1.77. The van der Waals surface area contributed by atoms with E-state index in [1.807, 2.05) is 6.07 Å². The zero-order valence-electron chi connectivity index (χ0n) is 12.5. The Hall–Kier alpha value is -2.75. The molecule has 4 heteroatoms. The van der Waals surface area contributed by atoms with Crippen molar-refractivity contribution in [2.24, 2.45) is 0 Å². The van der Waals surface area contributed by atoms with Crippen molar-refractivity contribution in [3.63, 3.8) is 0 Å². The highest BCUT2D eigenvalue weighted by Gasteiger charge is 2.21. The van der Waals surface area contributed by atoms with Crippen molar-refractivity contribution in [1.82, 2.24) is 0 Å². The highest BCUT2D eigenvalue weighted by Crippen LogP contribution is 2.22. The highest BCUT2D eigenvalue weighted by atomic mass is 19.1. The number of hydrogen-bond acceptors (Lipinski definition) is 2. The van der Waals surface area contributed by atoms with Crippen LogP contribution in [-0.2, 0) is 4.79 Å². The summed E-state index contributed by atoms with van der Waals surface area (Å²) in [7, 11) is 0. The van der Waals surface area contributed by atoms with Crippen LogP contribution < -0.4 is 4.90 Å². The monoisotopic (exact) mass is 309 g/mol. The number of allylic oxidation sites excluding steroid dienone is 1. The van der Waals surface area contributed by atoms with Crippen molar-refractivity contribution in [2.75, 3.05) is 11.4 Å². The largest absolute Gasteiger partial charge is 0.312 e. The molecule has 3 rings (SSSR count). The Labute approximate surface area is 134 Å². The molecule has 0 saturated carbocycles. The van der Waals surface area contributed by atoms with Crippen LogP contribution in [0.4, 0.5) is 10.1 Å². The summed E-state index contributed by atoms with van der Waals surface area (Å²) in [5.74, 6) is -0.365. The molecule has 1 saturated heterocycles. The van der Waals surface area contributed by atoms with E-state index in [9.17, 15) is 14.0 Å². The molecule has 23 heavy (non-hydrogen) atoms. The maximum Gasteiger partial charge on any atom is 0.227 e. The summed E-state index contributed by atoms with van der Waals surface area (Å²) in [5.41, 5.74) is 2.04. The van der Waals surface area contributed by atoms with E-state index in [4.69, 9.17) is 0 Å². The van der Waals surface area contributed by atoms with E-state index in [0.29, 0.717) is 18.5 Å². The van der Waals surface area contributed by atoms with E-state index < -0.39 is 0 Å². The first kappa shape index (κ1) is 15.2. The van der Waals surface area contributed by atoms with Gasteiger partial charge in [-0.2, -0.15) is 0 Å². The first-order valence-electron chi connectivity index (χ1n) is 7.52. The van der Waals surface area contributed by atoms with E-state index in [1.165, 1.54) is 18.2 Å². The van der Waals surface area contributed by atoms with Crippen LogP contribution in [0.15, 0.2) is 54.6 Å². The molecule has 2 aromatic rings. The van der Waals surface area contributed by atoms with Gasteiger partial charge in [0.25, 0.3) is 0 Å². The lowest BCUT2D eigenvalue weighted by atomic mass is 10.1. The highest BCUT2D eigenvalue weighted by molar-refractivity contribution is 6.08. The second-order valence-corrected chi connectivity index (χ2v) is 5.45. The lowest BCUT2D eigenvalue weighted by molar-refractivity contribution is -0.117. The van der Waals surface area contributed by atoms with Crippen LogP contribution in [0.2, 0.25) is 0 Å². The molecule has 0 aromatic heterocycles. The summed E-state index contributed by atoms with van der Waals surface area (Å²) < 4.78 is 12.9. The molecule has 1 aliphatic heterocycles. The molecule has 1 amide bonds. The molecule has 1 fully saturated rings. The predicted octanol–water partition coefficient (Wildman–Crippen LogP) is 3.85. The molecule has 0 radical (unpaired) electrons. The fourth-order valence-corrected chi connectivity index (χ4v) is 2.59. The topological polar surface area (TPSA) is 37.4 Å². The Morgan fingerprint density at radius 1 is 1.13 bits per heavy atom. The van der Waals surface area contributed by atoms with Crippen LogP contribution in [0.25, 0.3) is 6.08 Å². The summed E-state index contributed by atoms with van der Waals surface area (Å²) >= 11 is 0. The first-order valence-corrected chi connectivity index (χ1v) is 7.52. The quantitative estimate of drug-likeness (QED) is 0.635. The molecule has 3 nitrogen and oxygen atoms in total. The number of benzene rings is 2. The van der Waals surface area contributed by atoms with Crippen molar-refractivity contribution in [3.05, 3.63) is 71.6 Å². The van der Waals surface area contributed by atoms with Gasteiger partial charge in [-0.3, -0.25) is 9.59 Å². The summed E-state index contributed by atoms with van der Waals surface area (Å²) in [6, 6.07) is 13.0. The van der Waals surface area contributed by atoms with Gasteiger partial charge in [0.2, 0.25) is 5.91 Å². The second kappa shape index (κ2) is 6.57. The van der Waals surface area contributed by atoms with Crippen LogP contribution in [-0.4, -0.2) is 18.2 Å². The second-order valence-electron chi connectivity index (χ2n) is 5.45. The molecule has 1 aliphatic rings. The fraction of sp³-hybridized carbons (Fsp3) is 0.158. The van der Waals surface area contributed by atoms with Gasteiger partial charge < -0.3 is 4.90 Å². The lowest BCUT2D eigenvalue weighted by Crippen LogP contribution is -2.23. The number of anilines is 1. The molecule has 1 heterocycles. The molecule has 0 atom stereocenters. The van der Waals surface area contributed by atoms with Gasteiger partial charge in [-0.1, -0.05) is 30.3 Å². The van der Waals surface area contributed by atoms with Crippen molar-refractivity contribution in [3.8, 4) is 0 Å². The zero-order chi connectivity index (χ0) is 16.2. The number of hydrogen-bond donors (Lipinski definition) is 0. The van der Waals surface area contributed by atoms with Gasteiger partial charge >= 0.3 is 0 Å². The molecule has 2 aromatic carbocycles. The number of nitrogens with zero attached hydrogens (tertiary/aromatic N) is 1. The molecule has 0 bridgehead atoms. The smallest absolute Gasteiger partial charge is 0.227 e. The van der Waals surface area contributed by atoms with E-state index >= 15 is 0 Å². The van der Waals surface area contributed by atoms with Crippen LogP contribution >= 0.6 is 0 Å². The number of carbonyl (C=O) groups is 2. The molecule has 0 spiro atoms. The number of halogens is 1. The maximum atomic E-state index is 12.9. The molecule has 0 aliphatic carbocycles. The van der Waals surface area contributed by atoms with Crippen LogP contribution in [0, 0.1) is 5.82 Å². The standard InChI is InChI=1S/C19H16FNO2/c20-16-9-6-14(7-10-16)8-11-18(22)15-3-1-4-17(13-15)21-12-2-5-19(21)23/h1,3-4,6-11,13H,2,5,12H2/b11-8+. The van der Waals surface area contributed by atoms with Gasteiger partial charge in [0.05, 0.1) is 0 Å². The minimum absolute atomic E-state index is 0.0939. The van der Waals surface area contributed by atoms with Crippen molar-refractivity contribution in [1.29, 1.82) is 0 Å². The summed E-state index contributed by atoms with van der Waals surface area (Å²) in [6.07, 6.45) is 4.51. The summed E-state index contributed by atoms with van der Waals surface area (Å²) in [5, 5.41) is 0. The van der Waals surface area contributed by atoms with E-state index in [-0.39, 0.29) is 17.5 Å². The third-order valence-corrected chi connectivity index (χ3v) is 3.81. The van der Waals surface area contributed by atoms with E-state index in [1.54, 1.807) is 41.3 Å². The van der Waals surface area contributed by atoms with Gasteiger partial charge in [-0.05, 0) is 42.3 Å². The molecular formula is C19H16FNO2. The minimum Gasteiger partial charge on any atom is -0.312 e. The average molecular weight is 309 g/mol. The number of amides is 1. The zero-order valence-corrected chi connectivity index (χ0v) is 12.5. The van der Waals surface area contributed by atoms with Gasteiger partial charge in [0.15, 0.2) is 5.78 Å². The number of carbonyl (C=O) groups excluding carboxylic acids is 2. The van der Waals surface area contributed by atoms with Crippen LogP contribution in [0.5, 0.6) is 0 Å². The molecule has 116 valence electrons. The van der Waals surface area contributed by atoms with Gasteiger partial charge in [-0.25, -0.2) is 4.39 Å².